The number of nitrogens with zero attached hydrogens (tertiary/aromatic N) is 1. The van der Waals surface area contributed by atoms with Crippen LogP contribution < -0.4 is 5.32 Å². The number of carbonyl (C=O) groups excluding carboxylic acids is 1. The van der Waals surface area contributed by atoms with Crippen molar-refractivity contribution in [1.82, 2.24) is 5.32 Å². The van der Waals surface area contributed by atoms with E-state index in [4.69, 9.17) is 0 Å². The molecule has 1 aliphatic carbocycles. The zero-order valence-electron chi connectivity index (χ0n) is 9.25. The van der Waals surface area contributed by atoms with Crippen molar-refractivity contribution in [2.24, 2.45) is 5.16 Å². The average molecular weight is 278 g/mol. The Morgan fingerprint density at radius 1 is 1.61 bits per heavy atom. The van der Waals surface area contributed by atoms with Crippen LogP contribution in [0.15, 0.2) is 16.6 Å². The molecule has 4 nitrogen and oxygen atoms in total. The van der Waals surface area contributed by atoms with Gasteiger partial charge in [-0.1, -0.05) is 5.16 Å². The number of thiophene rings is 1. The number of hydrogen-bond acceptors (Lipinski definition) is 4. The van der Waals surface area contributed by atoms with Crippen LogP contribution in [0.25, 0.3) is 0 Å². The van der Waals surface area contributed by atoms with E-state index in [0.717, 1.165) is 4.88 Å². The fourth-order valence-electron chi connectivity index (χ4n) is 1.78. The summed E-state index contributed by atoms with van der Waals surface area (Å²) in [5.41, 5.74) is 1.20. The Bertz CT molecular complexity index is 496. The van der Waals surface area contributed by atoms with E-state index in [9.17, 15) is 18.0 Å². The van der Waals surface area contributed by atoms with E-state index >= 15 is 0 Å². The fraction of sp³-hybridized carbons (Fsp3) is 0.400. The van der Waals surface area contributed by atoms with Gasteiger partial charge in [0, 0.05) is 6.42 Å². The molecule has 0 radical (unpaired) electrons. The molecule has 0 unspecified atom stereocenters. The van der Waals surface area contributed by atoms with Crippen LogP contribution >= 0.6 is 11.3 Å². The molecule has 1 aromatic rings. The molecule has 0 spiro atoms. The smallest absolute Gasteiger partial charge is 0.399 e. The summed E-state index contributed by atoms with van der Waals surface area (Å²) in [6.07, 6.45) is -4.67. The molecule has 1 heterocycles. The third-order valence-corrected chi connectivity index (χ3v) is 3.47. The Kier molecular flexibility index (Phi) is 3.29. The second-order valence-electron chi connectivity index (χ2n) is 3.65. The van der Waals surface area contributed by atoms with Crippen molar-refractivity contribution in [2.45, 2.75) is 18.6 Å². The Morgan fingerprint density at radius 2 is 2.33 bits per heavy atom. The minimum Gasteiger partial charge on any atom is -0.399 e. The number of fused-ring (bicyclic) bond motifs is 1. The number of nitrogens with one attached hydrogen (secondary N) is 1. The van der Waals surface area contributed by atoms with Crippen molar-refractivity contribution in [3.05, 3.63) is 21.9 Å². The molecule has 0 fully saturated rings. The molecule has 1 N–H and O–H groups in total. The van der Waals surface area contributed by atoms with E-state index in [0.29, 0.717) is 11.3 Å². The first kappa shape index (κ1) is 12.9. The topological polar surface area (TPSA) is 50.7 Å². The number of rotatable bonds is 2. The molecule has 1 aliphatic rings. The van der Waals surface area contributed by atoms with Crippen LogP contribution in [0.4, 0.5) is 13.2 Å². The summed E-state index contributed by atoms with van der Waals surface area (Å²) in [6, 6.07) is 0.980. The minimum absolute atomic E-state index is 0.206. The summed E-state index contributed by atoms with van der Waals surface area (Å²) in [5.74, 6) is -1.94. The summed E-state index contributed by atoms with van der Waals surface area (Å²) >= 11 is 1.36. The lowest BCUT2D eigenvalue weighted by Crippen LogP contribution is -2.38. The van der Waals surface area contributed by atoms with Gasteiger partial charge in [0.25, 0.3) is 0 Å². The Hall–Kier alpha value is -1.57. The monoisotopic (exact) mass is 278 g/mol. The first-order valence-electron chi connectivity index (χ1n) is 4.99. The molecule has 98 valence electrons. The molecule has 18 heavy (non-hydrogen) atoms. The molecular weight excluding hydrogens is 269 g/mol. The highest BCUT2D eigenvalue weighted by atomic mass is 32.1. The maximum Gasteiger partial charge on any atom is 0.471 e. The van der Waals surface area contributed by atoms with Crippen molar-refractivity contribution in [2.75, 3.05) is 7.11 Å². The van der Waals surface area contributed by atoms with E-state index in [1.165, 1.54) is 18.4 Å². The van der Waals surface area contributed by atoms with E-state index in [2.05, 4.69) is 9.99 Å². The van der Waals surface area contributed by atoms with E-state index in [1.807, 2.05) is 5.32 Å². The summed E-state index contributed by atoms with van der Waals surface area (Å²) in [7, 11) is 1.36. The SMILES string of the molecule is CO/N=C1\C[C@@H](NC(=O)C(F)(F)F)c2ccsc21. The van der Waals surface area contributed by atoms with Gasteiger partial charge in [0.2, 0.25) is 0 Å². The lowest BCUT2D eigenvalue weighted by atomic mass is 10.2. The number of halogens is 3. The largest absolute Gasteiger partial charge is 0.471 e. The number of amides is 1. The van der Waals surface area contributed by atoms with Gasteiger partial charge >= 0.3 is 12.1 Å². The van der Waals surface area contributed by atoms with Crippen molar-refractivity contribution >= 4 is 23.0 Å². The highest BCUT2D eigenvalue weighted by Crippen LogP contribution is 2.36. The summed E-state index contributed by atoms with van der Waals surface area (Å²) < 4.78 is 36.6. The van der Waals surface area contributed by atoms with Gasteiger partial charge < -0.3 is 10.2 Å². The van der Waals surface area contributed by atoms with E-state index < -0.39 is 18.1 Å². The quantitative estimate of drug-likeness (QED) is 0.843. The second-order valence-corrected chi connectivity index (χ2v) is 4.57. The third kappa shape index (κ3) is 2.33. The molecule has 0 aromatic carbocycles. The number of oxime groups is 1. The van der Waals surface area contributed by atoms with Gasteiger partial charge in [0.15, 0.2) is 0 Å². The van der Waals surface area contributed by atoms with Crippen molar-refractivity contribution in [1.29, 1.82) is 0 Å². The normalized spacial score (nSPS) is 20.9. The van der Waals surface area contributed by atoms with Crippen molar-refractivity contribution in [3.8, 4) is 0 Å². The van der Waals surface area contributed by atoms with Crippen molar-refractivity contribution in [3.63, 3.8) is 0 Å². The molecule has 1 atom stereocenters. The average Bonchev–Trinajstić information content (AvgIpc) is 2.83. The number of alkyl halides is 3. The van der Waals surface area contributed by atoms with Gasteiger partial charge in [0.05, 0.1) is 16.6 Å². The standard InChI is InChI=1S/C10H9F3N2O2S/c1-17-15-7-4-6(5-2-3-18-8(5)7)14-9(16)10(11,12)13/h2-3,6H,4H2,1H3,(H,14,16)/b15-7+/t6-/m1/s1. The Balaban J connectivity index is 2.19. The molecule has 8 heteroatoms. The summed E-state index contributed by atoms with van der Waals surface area (Å²) in [4.78, 5) is 16.3. The molecular formula is C10H9F3N2O2S. The molecule has 2 rings (SSSR count). The first-order valence-corrected chi connectivity index (χ1v) is 5.87. The van der Waals surface area contributed by atoms with E-state index in [-0.39, 0.29) is 6.42 Å². The van der Waals surface area contributed by atoms with Crippen LogP contribution in [-0.2, 0) is 9.63 Å². The van der Waals surface area contributed by atoms with Crippen molar-refractivity contribution < 1.29 is 22.8 Å². The predicted octanol–water partition coefficient (Wildman–Crippen LogP) is 2.22. The van der Waals surface area contributed by atoms with Crippen LogP contribution in [0.5, 0.6) is 0 Å². The first-order chi connectivity index (χ1) is 8.43. The van der Waals surface area contributed by atoms with Gasteiger partial charge in [-0.25, -0.2) is 0 Å². The molecule has 0 saturated carbocycles. The Morgan fingerprint density at radius 3 is 2.94 bits per heavy atom. The summed E-state index contributed by atoms with van der Waals surface area (Å²) in [6.45, 7) is 0. The predicted molar refractivity (Wildman–Crippen MR) is 59.4 cm³/mol. The molecule has 1 amide bonds. The zero-order valence-corrected chi connectivity index (χ0v) is 10.1. The highest BCUT2D eigenvalue weighted by molar-refractivity contribution is 7.12. The maximum atomic E-state index is 12.2. The molecule has 0 saturated heterocycles. The number of carbonyl (C=O) groups is 1. The maximum absolute atomic E-state index is 12.2. The van der Waals surface area contributed by atoms with Gasteiger partial charge in [-0.05, 0) is 17.0 Å². The molecule has 1 aromatic heterocycles. The van der Waals surface area contributed by atoms with Gasteiger partial charge in [0.1, 0.15) is 7.11 Å². The van der Waals surface area contributed by atoms with Gasteiger partial charge in [-0.15, -0.1) is 11.3 Å². The van der Waals surface area contributed by atoms with E-state index in [1.54, 1.807) is 11.4 Å². The minimum atomic E-state index is -4.88. The molecule has 0 bridgehead atoms. The lowest BCUT2D eigenvalue weighted by Gasteiger charge is -2.13. The van der Waals surface area contributed by atoms with Crippen LogP contribution in [0.3, 0.4) is 0 Å². The van der Waals surface area contributed by atoms with Gasteiger partial charge in [-0.3, -0.25) is 4.79 Å². The van der Waals surface area contributed by atoms with Crippen LogP contribution in [0.1, 0.15) is 22.9 Å². The van der Waals surface area contributed by atoms with Gasteiger partial charge in [-0.2, -0.15) is 13.2 Å². The summed E-state index contributed by atoms with van der Waals surface area (Å²) in [5, 5.41) is 7.45. The fourth-order valence-corrected chi connectivity index (χ4v) is 2.74. The lowest BCUT2D eigenvalue weighted by molar-refractivity contribution is -0.174. The third-order valence-electron chi connectivity index (χ3n) is 2.49. The number of hydrogen-bond donors (Lipinski definition) is 1. The second kappa shape index (κ2) is 4.60. The highest BCUT2D eigenvalue weighted by Gasteiger charge is 2.42. The van der Waals surface area contributed by atoms with Crippen LogP contribution in [0, 0.1) is 0 Å². The zero-order chi connectivity index (χ0) is 13.3. The van der Waals surface area contributed by atoms with Crippen LogP contribution in [-0.4, -0.2) is 24.9 Å². The Labute approximate surface area is 104 Å². The van der Waals surface area contributed by atoms with Crippen LogP contribution in [0.2, 0.25) is 0 Å². The molecule has 0 aliphatic heterocycles.